The zero-order valence-electron chi connectivity index (χ0n) is 6.74. The van der Waals surface area contributed by atoms with Crippen LogP contribution in [0.2, 0.25) is 0 Å². The van der Waals surface area contributed by atoms with Gasteiger partial charge in [0.2, 0.25) is 0 Å². The number of rotatable bonds is 0. The van der Waals surface area contributed by atoms with Gasteiger partial charge in [-0.25, -0.2) is 13.2 Å². The van der Waals surface area contributed by atoms with Crippen LogP contribution in [0.15, 0.2) is 12.1 Å². The van der Waals surface area contributed by atoms with Crippen molar-refractivity contribution in [3.63, 3.8) is 0 Å². The van der Waals surface area contributed by atoms with Crippen molar-refractivity contribution < 1.29 is 49.3 Å². The normalized spacial score (nSPS) is 9.00. The van der Waals surface area contributed by atoms with Gasteiger partial charge in [0.05, 0.1) is 0 Å². The van der Waals surface area contributed by atoms with Gasteiger partial charge in [0.1, 0.15) is 5.75 Å². The van der Waals surface area contributed by atoms with Gasteiger partial charge in [0, 0.05) is 12.1 Å². The third kappa shape index (κ3) is 2.39. The SMILES string of the molecule is Oc1cc(F)c(F)c(F)c1.[H-].[Na+]. The third-order valence-corrected chi connectivity index (χ3v) is 0.969. The van der Waals surface area contributed by atoms with E-state index < -0.39 is 23.2 Å². The Kier molecular flexibility index (Phi) is 3.92. The Morgan fingerprint density at radius 1 is 1.09 bits per heavy atom. The predicted molar refractivity (Wildman–Crippen MR) is 29.1 cm³/mol. The summed E-state index contributed by atoms with van der Waals surface area (Å²) in [5.74, 6) is -4.98. The summed E-state index contributed by atoms with van der Waals surface area (Å²) in [4.78, 5) is 0. The predicted octanol–water partition coefficient (Wildman–Crippen LogP) is -1.07. The molecule has 0 saturated carbocycles. The second-order valence-corrected chi connectivity index (χ2v) is 1.72. The Hall–Kier alpha value is -0.190. The van der Waals surface area contributed by atoms with Crippen LogP contribution in [0.5, 0.6) is 5.75 Å². The quantitative estimate of drug-likeness (QED) is 0.390. The molecule has 0 aromatic heterocycles. The van der Waals surface area contributed by atoms with Crippen molar-refractivity contribution in [2.24, 2.45) is 0 Å². The molecule has 0 unspecified atom stereocenters. The zero-order valence-corrected chi connectivity index (χ0v) is 7.74. The molecule has 5 heteroatoms. The minimum atomic E-state index is -1.57. The van der Waals surface area contributed by atoms with Crippen LogP contribution in [0, 0.1) is 17.5 Å². The molecule has 56 valence electrons. The number of phenols is 1. The van der Waals surface area contributed by atoms with Crippen LogP contribution in [0.25, 0.3) is 0 Å². The van der Waals surface area contributed by atoms with Crippen molar-refractivity contribution in [3.8, 4) is 5.75 Å². The van der Waals surface area contributed by atoms with Crippen molar-refractivity contribution >= 4 is 0 Å². The van der Waals surface area contributed by atoms with Crippen LogP contribution >= 0.6 is 0 Å². The van der Waals surface area contributed by atoms with Crippen LogP contribution in [0.4, 0.5) is 13.2 Å². The molecule has 0 saturated heterocycles. The molecule has 1 N–H and O–H groups in total. The molecule has 1 rings (SSSR count). The molecule has 0 fully saturated rings. The molecule has 0 radical (unpaired) electrons. The average molecular weight is 172 g/mol. The molecule has 0 spiro atoms. The standard InChI is InChI=1S/C6H3F3O.Na.H/c7-4-1-3(10)2-5(8)6(4)9;;/h1-2,10H;;/q;+1;-1. The van der Waals surface area contributed by atoms with Crippen molar-refractivity contribution in [2.75, 3.05) is 0 Å². The van der Waals surface area contributed by atoms with Gasteiger partial charge < -0.3 is 6.53 Å². The second-order valence-electron chi connectivity index (χ2n) is 1.72. The molecule has 0 aliphatic rings. The molecule has 1 nitrogen and oxygen atoms in total. The number of hydrogen-bond donors (Lipinski definition) is 1. The molecule has 0 amide bonds. The Balaban J connectivity index is 0. The maximum atomic E-state index is 12.1. The third-order valence-electron chi connectivity index (χ3n) is 0.969. The largest absolute Gasteiger partial charge is 1.00 e. The van der Waals surface area contributed by atoms with Gasteiger partial charge in [-0.3, -0.25) is 0 Å². The van der Waals surface area contributed by atoms with Gasteiger partial charge in [-0.15, -0.1) is 0 Å². The molecule has 0 heterocycles. The summed E-state index contributed by atoms with van der Waals surface area (Å²) in [7, 11) is 0. The Bertz CT molecular complexity index is 246. The molecule has 0 bridgehead atoms. The van der Waals surface area contributed by atoms with E-state index in [1.807, 2.05) is 0 Å². The van der Waals surface area contributed by atoms with E-state index in [4.69, 9.17) is 5.11 Å². The second kappa shape index (κ2) is 3.99. The molecule has 11 heavy (non-hydrogen) atoms. The molecule has 1 aromatic carbocycles. The maximum Gasteiger partial charge on any atom is 1.00 e. The zero-order chi connectivity index (χ0) is 7.72. The van der Waals surface area contributed by atoms with Gasteiger partial charge in [-0.05, 0) is 0 Å². The first-order valence-electron chi connectivity index (χ1n) is 2.45. The minimum Gasteiger partial charge on any atom is -1.00 e. The Morgan fingerprint density at radius 2 is 1.45 bits per heavy atom. The van der Waals surface area contributed by atoms with E-state index in [9.17, 15) is 13.2 Å². The summed E-state index contributed by atoms with van der Waals surface area (Å²) in [6, 6.07) is 0.997. The Morgan fingerprint density at radius 3 is 1.82 bits per heavy atom. The van der Waals surface area contributed by atoms with Gasteiger partial charge in [0.25, 0.3) is 0 Å². The first-order valence-corrected chi connectivity index (χ1v) is 2.45. The molecular weight excluding hydrogens is 168 g/mol. The summed E-state index contributed by atoms with van der Waals surface area (Å²) in [5.41, 5.74) is 0. The monoisotopic (exact) mass is 172 g/mol. The summed E-state index contributed by atoms with van der Waals surface area (Å²) in [6.45, 7) is 0. The summed E-state index contributed by atoms with van der Waals surface area (Å²) >= 11 is 0. The van der Waals surface area contributed by atoms with Crippen molar-refractivity contribution in [2.45, 2.75) is 0 Å². The fourth-order valence-corrected chi connectivity index (χ4v) is 0.542. The van der Waals surface area contributed by atoms with E-state index in [1.165, 1.54) is 0 Å². The van der Waals surface area contributed by atoms with Crippen LogP contribution in [-0.4, -0.2) is 5.11 Å². The first kappa shape index (κ1) is 10.8. The van der Waals surface area contributed by atoms with E-state index in [0.717, 1.165) is 0 Å². The average Bonchev–Trinajstić information content (AvgIpc) is 1.82. The Labute approximate surface area is 84.6 Å². The van der Waals surface area contributed by atoms with E-state index in [0.29, 0.717) is 12.1 Å². The van der Waals surface area contributed by atoms with Crippen molar-refractivity contribution in [3.05, 3.63) is 29.6 Å². The number of aromatic hydroxyl groups is 1. The van der Waals surface area contributed by atoms with Crippen LogP contribution in [0.1, 0.15) is 1.43 Å². The number of halogens is 3. The summed E-state index contributed by atoms with van der Waals surface area (Å²) in [5, 5.41) is 8.47. The van der Waals surface area contributed by atoms with Gasteiger partial charge in [-0.2, -0.15) is 0 Å². The summed E-state index contributed by atoms with van der Waals surface area (Å²) in [6.07, 6.45) is 0. The summed E-state index contributed by atoms with van der Waals surface area (Å²) < 4.78 is 36.2. The van der Waals surface area contributed by atoms with E-state index in [-0.39, 0.29) is 31.0 Å². The van der Waals surface area contributed by atoms with E-state index in [1.54, 1.807) is 0 Å². The smallest absolute Gasteiger partial charge is 1.00 e. The van der Waals surface area contributed by atoms with E-state index >= 15 is 0 Å². The topological polar surface area (TPSA) is 20.2 Å². The molecule has 0 aliphatic carbocycles. The first-order chi connectivity index (χ1) is 4.61. The van der Waals surface area contributed by atoms with Crippen LogP contribution in [-0.2, 0) is 0 Å². The number of benzene rings is 1. The van der Waals surface area contributed by atoms with Crippen molar-refractivity contribution in [1.82, 2.24) is 0 Å². The fourth-order valence-electron chi connectivity index (χ4n) is 0.542. The molecule has 0 atom stereocenters. The van der Waals surface area contributed by atoms with Gasteiger partial charge in [0.15, 0.2) is 17.5 Å². The van der Waals surface area contributed by atoms with Crippen molar-refractivity contribution in [1.29, 1.82) is 0 Å². The van der Waals surface area contributed by atoms with Crippen LogP contribution < -0.4 is 29.6 Å². The molecule has 0 aliphatic heterocycles. The van der Waals surface area contributed by atoms with E-state index in [2.05, 4.69) is 0 Å². The van der Waals surface area contributed by atoms with Gasteiger partial charge in [-0.1, -0.05) is 0 Å². The number of hydrogen-bond acceptors (Lipinski definition) is 1. The van der Waals surface area contributed by atoms with Crippen LogP contribution in [0.3, 0.4) is 0 Å². The fraction of sp³-hybridized carbons (Fsp3) is 0. The van der Waals surface area contributed by atoms with Gasteiger partial charge >= 0.3 is 29.6 Å². The molecular formula is C6H4F3NaO. The number of phenolic OH excluding ortho intramolecular Hbond substituents is 1. The minimum absolute atomic E-state index is 0. The molecule has 1 aromatic rings. The maximum absolute atomic E-state index is 12.1.